The summed E-state index contributed by atoms with van der Waals surface area (Å²) in [5.74, 6) is -0.119. The lowest BCUT2D eigenvalue weighted by molar-refractivity contribution is 0.0628. The predicted octanol–water partition coefficient (Wildman–Crippen LogP) is 3.06. The highest BCUT2D eigenvalue weighted by Gasteiger charge is 2.28. The van der Waals surface area contributed by atoms with Crippen molar-refractivity contribution in [1.82, 2.24) is 4.90 Å². The smallest absolute Gasteiger partial charge is 0.254 e. The maximum Gasteiger partial charge on any atom is 0.254 e. The lowest BCUT2D eigenvalue weighted by atomic mass is 9.85. The molecule has 0 heterocycles. The molecule has 0 bridgehead atoms. The van der Waals surface area contributed by atoms with Crippen LogP contribution in [-0.2, 0) is 0 Å². The highest BCUT2D eigenvalue weighted by molar-refractivity contribution is 5.95. The normalized spacial score (nSPS) is 23.1. The number of rotatable bonds is 2. The first-order chi connectivity index (χ1) is 8.99. The molecule has 1 aliphatic carbocycles. The van der Waals surface area contributed by atoms with E-state index in [1.165, 1.54) is 24.6 Å². The fraction of sp³-hybridized carbons (Fsp3) is 0.533. The van der Waals surface area contributed by atoms with Crippen LogP contribution in [0, 0.1) is 11.7 Å². The van der Waals surface area contributed by atoms with E-state index in [9.17, 15) is 9.18 Å². The van der Waals surface area contributed by atoms with Gasteiger partial charge in [-0.05, 0) is 37.0 Å². The first kappa shape index (κ1) is 13.8. The summed E-state index contributed by atoms with van der Waals surface area (Å²) in [6.07, 6.45) is 4.55. The third kappa shape index (κ3) is 3.06. The second-order valence-corrected chi connectivity index (χ2v) is 5.52. The van der Waals surface area contributed by atoms with Gasteiger partial charge in [-0.1, -0.05) is 19.8 Å². The molecule has 19 heavy (non-hydrogen) atoms. The van der Waals surface area contributed by atoms with Crippen LogP contribution >= 0.6 is 0 Å². The summed E-state index contributed by atoms with van der Waals surface area (Å²) >= 11 is 0. The van der Waals surface area contributed by atoms with Crippen LogP contribution in [0.5, 0.6) is 0 Å². The Labute approximate surface area is 113 Å². The van der Waals surface area contributed by atoms with Crippen LogP contribution < -0.4 is 5.73 Å². The molecule has 1 fully saturated rings. The molecule has 0 aliphatic heterocycles. The van der Waals surface area contributed by atoms with Crippen LogP contribution in [0.4, 0.5) is 10.1 Å². The average Bonchev–Trinajstić information content (AvgIpc) is 2.36. The molecule has 2 N–H and O–H groups in total. The molecular formula is C15H21FN2O. The molecule has 1 aliphatic rings. The molecule has 104 valence electrons. The minimum Gasteiger partial charge on any atom is -0.399 e. The van der Waals surface area contributed by atoms with Crippen molar-refractivity contribution in [3.63, 3.8) is 0 Å². The zero-order chi connectivity index (χ0) is 14.0. The zero-order valence-electron chi connectivity index (χ0n) is 11.5. The van der Waals surface area contributed by atoms with Crippen LogP contribution in [0.3, 0.4) is 0 Å². The number of nitrogens with two attached hydrogens (primary N) is 1. The SMILES string of the molecule is CC1CCCCC1N(C)C(=O)c1cc(N)cc(F)c1. The van der Waals surface area contributed by atoms with E-state index in [1.807, 2.05) is 0 Å². The third-order valence-electron chi connectivity index (χ3n) is 4.05. The van der Waals surface area contributed by atoms with Gasteiger partial charge in [0.15, 0.2) is 0 Å². The highest BCUT2D eigenvalue weighted by Crippen LogP contribution is 2.28. The second kappa shape index (κ2) is 5.59. The van der Waals surface area contributed by atoms with Crippen LogP contribution in [0.25, 0.3) is 0 Å². The van der Waals surface area contributed by atoms with E-state index in [1.54, 1.807) is 11.9 Å². The summed E-state index contributed by atoms with van der Waals surface area (Å²) in [5.41, 5.74) is 6.21. The van der Waals surface area contributed by atoms with E-state index in [0.29, 0.717) is 11.5 Å². The number of carbonyl (C=O) groups excluding carboxylic acids is 1. The standard InChI is InChI=1S/C15H21FN2O/c1-10-5-3-4-6-14(10)18(2)15(19)11-7-12(16)9-13(17)8-11/h7-10,14H,3-6,17H2,1-2H3. The summed E-state index contributed by atoms with van der Waals surface area (Å²) < 4.78 is 13.3. The van der Waals surface area contributed by atoms with Crippen molar-refractivity contribution < 1.29 is 9.18 Å². The Morgan fingerprint density at radius 2 is 2.00 bits per heavy atom. The molecule has 0 radical (unpaired) electrons. The first-order valence-electron chi connectivity index (χ1n) is 6.82. The molecule has 3 nitrogen and oxygen atoms in total. The number of anilines is 1. The summed E-state index contributed by atoms with van der Waals surface area (Å²) in [6.45, 7) is 2.17. The van der Waals surface area contributed by atoms with Gasteiger partial charge in [-0.25, -0.2) is 4.39 Å². The Kier molecular flexibility index (Phi) is 4.08. The number of carbonyl (C=O) groups is 1. The van der Waals surface area contributed by atoms with E-state index in [0.717, 1.165) is 19.3 Å². The van der Waals surface area contributed by atoms with E-state index in [-0.39, 0.29) is 17.6 Å². The van der Waals surface area contributed by atoms with E-state index >= 15 is 0 Å². The molecule has 1 aromatic carbocycles. The summed E-state index contributed by atoms with van der Waals surface area (Å²) in [4.78, 5) is 14.1. The van der Waals surface area contributed by atoms with E-state index in [2.05, 4.69) is 6.92 Å². The predicted molar refractivity (Wildman–Crippen MR) is 74.3 cm³/mol. The van der Waals surface area contributed by atoms with Gasteiger partial charge < -0.3 is 10.6 Å². The van der Waals surface area contributed by atoms with Crippen molar-refractivity contribution >= 4 is 11.6 Å². The fourth-order valence-corrected chi connectivity index (χ4v) is 2.96. The minimum atomic E-state index is -0.464. The van der Waals surface area contributed by atoms with Crippen molar-refractivity contribution in [2.45, 2.75) is 38.6 Å². The van der Waals surface area contributed by atoms with Gasteiger partial charge >= 0.3 is 0 Å². The van der Waals surface area contributed by atoms with Gasteiger partial charge in [0.05, 0.1) is 0 Å². The molecule has 0 saturated heterocycles. The molecule has 2 rings (SSSR count). The first-order valence-corrected chi connectivity index (χ1v) is 6.82. The lowest BCUT2D eigenvalue weighted by Crippen LogP contribution is -2.42. The molecule has 1 aromatic rings. The number of hydrogen-bond acceptors (Lipinski definition) is 2. The van der Waals surface area contributed by atoms with Gasteiger partial charge in [-0.15, -0.1) is 0 Å². The van der Waals surface area contributed by atoms with Crippen molar-refractivity contribution in [2.75, 3.05) is 12.8 Å². The second-order valence-electron chi connectivity index (χ2n) is 5.52. The number of halogens is 1. The Hall–Kier alpha value is -1.58. The summed E-state index contributed by atoms with van der Waals surface area (Å²) in [6, 6.07) is 4.25. The topological polar surface area (TPSA) is 46.3 Å². The monoisotopic (exact) mass is 264 g/mol. The van der Waals surface area contributed by atoms with Crippen LogP contribution in [0.15, 0.2) is 18.2 Å². The van der Waals surface area contributed by atoms with Gasteiger partial charge in [0.1, 0.15) is 5.82 Å². The Morgan fingerprint density at radius 1 is 1.32 bits per heavy atom. The number of hydrogen-bond donors (Lipinski definition) is 1. The Balaban J connectivity index is 2.18. The minimum absolute atomic E-state index is 0.148. The van der Waals surface area contributed by atoms with E-state index < -0.39 is 5.82 Å². The zero-order valence-corrected chi connectivity index (χ0v) is 11.5. The number of nitrogens with zero attached hydrogens (tertiary/aromatic N) is 1. The van der Waals surface area contributed by atoms with Gasteiger partial charge in [-0.2, -0.15) is 0 Å². The molecule has 0 aromatic heterocycles. The molecule has 2 atom stereocenters. The molecule has 4 heteroatoms. The maximum absolute atomic E-state index is 13.3. The summed E-state index contributed by atoms with van der Waals surface area (Å²) in [7, 11) is 1.80. The summed E-state index contributed by atoms with van der Waals surface area (Å²) in [5, 5.41) is 0. The molecular weight excluding hydrogens is 243 g/mol. The molecule has 0 spiro atoms. The maximum atomic E-state index is 13.3. The molecule has 2 unspecified atom stereocenters. The van der Waals surface area contributed by atoms with Gasteiger partial charge in [0.2, 0.25) is 0 Å². The third-order valence-corrected chi connectivity index (χ3v) is 4.05. The van der Waals surface area contributed by atoms with Crippen molar-refractivity contribution in [3.8, 4) is 0 Å². The van der Waals surface area contributed by atoms with Crippen LogP contribution in [-0.4, -0.2) is 23.9 Å². The number of benzene rings is 1. The Morgan fingerprint density at radius 3 is 2.63 bits per heavy atom. The van der Waals surface area contributed by atoms with Crippen LogP contribution in [0.2, 0.25) is 0 Å². The average molecular weight is 264 g/mol. The van der Waals surface area contributed by atoms with Crippen LogP contribution in [0.1, 0.15) is 43.0 Å². The fourth-order valence-electron chi connectivity index (χ4n) is 2.96. The van der Waals surface area contributed by atoms with Crippen molar-refractivity contribution in [1.29, 1.82) is 0 Å². The quantitative estimate of drug-likeness (QED) is 0.834. The molecule has 1 saturated carbocycles. The number of amides is 1. The van der Waals surface area contributed by atoms with Gasteiger partial charge in [0, 0.05) is 24.3 Å². The Bertz CT molecular complexity index is 455. The van der Waals surface area contributed by atoms with Crippen molar-refractivity contribution in [2.24, 2.45) is 5.92 Å². The largest absolute Gasteiger partial charge is 0.399 e. The van der Waals surface area contributed by atoms with Gasteiger partial charge in [0.25, 0.3) is 5.91 Å². The molecule has 1 amide bonds. The van der Waals surface area contributed by atoms with Gasteiger partial charge in [-0.3, -0.25) is 4.79 Å². The van der Waals surface area contributed by atoms with Crippen molar-refractivity contribution in [3.05, 3.63) is 29.6 Å². The van der Waals surface area contributed by atoms with E-state index in [4.69, 9.17) is 5.73 Å². The lowest BCUT2D eigenvalue weighted by Gasteiger charge is -2.36. The number of nitrogen functional groups attached to an aromatic ring is 1. The highest BCUT2D eigenvalue weighted by atomic mass is 19.1.